The lowest BCUT2D eigenvalue weighted by molar-refractivity contribution is -0.141. The van der Waals surface area contributed by atoms with Gasteiger partial charge >= 0.3 is 0 Å². The maximum Gasteiger partial charge on any atom is 0.251 e. The van der Waals surface area contributed by atoms with Gasteiger partial charge in [-0.25, -0.2) is 0 Å². The van der Waals surface area contributed by atoms with Crippen molar-refractivity contribution in [1.82, 2.24) is 4.90 Å². The Morgan fingerprint density at radius 2 is 1.90 bits per heavy atom. The van der Waals surface area contributed by atoms with E-state index in [1.807, 2.05) is 23.1 Å². The van der Waals surface area contributed by atoms with E-state index >= 15 is 0 Å². The van der Waals surface area contributed by atoms with Gasteiger partial charge in [-0.05, 0) is 31.0 Å². The molecule has 0 bridgehead atoms. The van der Waals surface area contributed by atoms with Crippen molar-refractivity contribution in [2.24, 2.45) is 0 Å². The van der Waals surface area contributed by atoms with Crippen LogP contribution in [0.15, 0.2) is 18.2 Å². The number of carbonyl (C=O) groups is 1. The van der Waals surface area contributed by atoms with Crippen LogP contribution in [-0.4, -0.2) is 49.7 Å². The number of nitrogens with zero attached hydrogens (tertiary/aromatic N) is 2. The minimum absolute atomic E-state index is 0.140. The van der Waals surface area contributed by atoms with Gasteiger partial charge in [0.1, 0.15) is 6.10 Å². The first-order valence-corrected chi connectivity index (χ1v) is 8.01. The minimum atomic E-state index is -0.221. The van der Waals surface area contributed by atoms with E-state index in [-0.39, 0.29) is 12.0 Å². The van der Waals surface area contributed by atoms with Crippen molar-refractivity contribution in [2.45, 2.75) is 18.9 Å². The molecule has 2 saturated heterocycles. The highest BCUT2D eigenvalue weighted by Crippen LogP contribution is 2.28. The molecule has 3 rings (SSSR count). The minimum Gasteiger partial charge on any atom is -0.368 e. The van der Waals surface area contributed by atoms with Crippen LogP contribution >= 0.6 is 23.2 Å². The molecule has 21 heavy (non-hydrogen) atoms. The molecule has 0 N–H and O–H groups in total. The monoisotopic (exact) mass is 328 g/mol. The molecule has 2 heterocycles. The molecule has 114 valence electrons. The summed E-state index contributed by atoms with van der Waals surface area (Å²) in [6.07, 6.45) is 1.62. The average molecular weight is 329 g/mol. The Morgan fingerprint density at radius 3 is 2.52 bits per heavy atom. The van der Waals surface area contributed by atoms with Crippen LogP contribution in [0.1, 0.15) is 12.8 Å². The van der Waals surface area contributed by atoms with Gasteiger partial charge in [0.05, 0.1) is 10.0 Å². The summed E-state index contributed by atoms with van der Waals surface area (Å²) < 4.78 is 5.47. The van der Waals surface area contributed by atoms with Gasteiger partial charge in [-0.2, -0.15) is 0 Å². The quantitative estimate of drug-likeness (QED) is 0.836. The van der Waals surface area contributed by atoms with Gasteiger partial charge in [0, 0.05) is 38.5 Å². The van der Waals surface area contributed by atoms with Crippen LogP contribution in [0.3, 0.4) is 0 Å². The van der Waals surface area contributed by atoms with Crippen LogP contribution in [0.2, 0.25) is 10.0 Å². The van der Waals surface area contributed by atoms with Crippen LogP contribution in [0.5, 0.6) is 0 Å². The van der Waals surface area contributed by atoms with Crippen molar-refractivity contribution in [3.63, 3.8) is 0 Å². The van der Waals surface area contributed by atoms with Gasteiger partial charge in [-0.15, -0.1) is 0 Å². The Kier molecular flexibility index (Phi) is 4.57. The van der Waals surface area contributed by atoms with Crippen LogP contribution in [0.25, 0.3) is 0 Å². The van der Waals surface area contributed by atoms with E-state index in [9.17, 15) is 4.79 Å². The molecule has 2 aliphatic rings. The van der Waals surface area contributed by atoms with Crippen molar-refractivity contribution < 1.29 is 9.53 Å². The molecule has 4 nitrogen and oxygen atoms in total. The molecule has 1 aromatic carbocycles. The van der Waals surface area contributed by atoms with Crippen molar-refractivity contribution in [3.8, 4) is 0 Å². The molecule has 0 radical (unpaired) electrons. The molecule has 6 heteroatoms. The van der Waals surface area contributed by atoms with Crippen LogP contribution in [0, 0.1) is 0 Å². The predicted molar refractivity (Wildman–Crippen MR) is 84.2 cm³/mol. The van der Waals surface area contributed by atoms with E-state index in [0.717, 1.165) is 44.7 Å². The van der Waals surface area contributed by atoms with Crippen LogP contribution in [-0.2, 0) is 9.53 Å². The Morgan fingerprint density at radius 1 is 1.14 bits per heavy atom. The number of piperazine rings is 1. The topological polar surface area (TPSA) is 32.8 Å². The zero-order valence-electron chi connectivity index (χ0n) is 11.7. The molecule has 0 unspecified atom stereocenters. The second-order valence-corrected chi connectivity index (χ2v) is 6.23. The Balaban J connectivity index is 1.59. The summed E-state index contributed by atoms with van der Waals surface area (Å²) in [4.78, 5) is 16.4. The zero-order chi connectivity index (χ0) is 14.8. The Hall–Kier alpha value is -0.970. The normalized spacial score (nSPS) is 22.7. The predicted octanol–water partition coefficient (Wildman–Crippen LogP) is 2.82. The lowest BCUT2D eigenvalue weighted by atomic mass is 10.2. The van der Waals surface area contributed by atoms with Gasteiger partial charge in [-0.1, -0.05) is 23.2 Å². The van der Waals surface area contributed by atoms with E-state index in [4.69, 9.17) is 27.9 Å². The number of benzene rings is 1. The van der Waals surface area contributed by atoms with E-state index in [0.29, 0.717) is 16.7 Å². The molecule has 1 aromatic rings. The number of hydrogen-bond donors (Lipinski definition) is 0. The first-order chi connectivity index (χ1) is 10.1. The second-order valence-electron chi connectivity index (χ2n) is 5.41. The van der Waals surface area contributed by atoms with Gasteiger partial charge in [0.25, 0.3) is 5.91 Å². The molecule has 0 saturated carbocycles. The van der Waals surface area contributed by atoms with Crippen LogP contribution < -0.4 is 4.90 Å². The number of anilines is 1. The first-order valence-electron chi connectivity index (χ1n) is 7.25. The standard InChI is InChI=1S/C15H18Cl2N2O2/c16-12-4-3-11(10-13(12)17)18-5-7-19(8-6-18)15(20)14-2-1-9-21-14/h3-4,10,14H,1-2,5-9H2/t14-/m0/s1. The summed E-state index contributed by atoms with van der Waals surface area (Å²) in [5, 5.41) is 1.12. The van der Waals surface area contributed by atoms with Gasteiger partial charge in [-0.3, -0.25) is 4.79 Å². The van der Waals surface area contributed by atoms with E-state index in [1.54, 1.807) is 0 Å². The summed E-state index contributed by atoms with van der Waals surface area (Å²) in [6.45, 7) is 3.75. The van der Waals surface area contributed by atoms with Crippen molar-refractivity contribution in [2.75, 3.05) is 37.7 Å². The molecular weight excluding hydrogens is 311 g/mol. The molecule has 1 amide bonds. The summed E-state index contributed by atoms with van der Waals surface area (Å²) in [6, 6.07) is 5.65. The molecule has 2 aliphatic heterocycles. The summed E-state index contributed by atoms with van der Waals surface area (Å²) in [7, 11) is 0. The lowest BCUT2D eigenvalue weighted by Crippen LogP contribution is -2.51. The van der Waals surface area contributed by atoms with E-state index in [1.165, 1.54) is 0 Å². The maximum absolute atomic E-state index is 12.3. The highest BCUT2D eigenvalue weighted by atomic mass is 35.5. The molecular formula is C15H18Cl2N2O2. The van der Waals surface area contributed by atoms with Crippen LogP contribution in [0.4, 0.5) is 5.69 Å². The molecule has 1 atom stereocenters. The number of amides is 1. The SMILES string of the molecule is O=C([C@@H]1CCCO1)N1CCN(c2ccc(Cl)c(Cl)c2)CC1. The smallest absolute Gasteiger partial charge is 0.251 e. The fraction of sp³-hybridized carbons (Fsp3) is 0.533. The first kappa shape index (κ1) is 14.9. The van der Waals surface area contributed by atoms with E-state index < -0.39 is 0 Å². The van der Waals surface area contributed by atoms with Gasteiger partial charge in [0.15, 0.2) is 0 Å². The number of rotatable bonds is 2. The fourth-order valence-corrected chi connectivity index (χ4v) is 3.14. The number of ether oxygens (including phenoxy) is 1. The summed E-state index contributed by atoms with van der Waals surface area (Å²) >= 11 is 12.0. The third-order valence-corrected chi connectivity index (χ3v) is 4.80. The zero-order valence-corrected chi connectivity index (χ0v) is 13.2. The third-order valence-electron chi connectivity index (χ3n) is 4.06. The number of hydrogen-bond acceptors (Lipinski definition) is 3. The largest absolute Gasteiger partial charge is 0.368 e. The Bertz CT molecular complexity index is 524. The van der Waals surface area contributed by atoms with Gasteiger partial charge < -0.3 is 14.5 Å². The molecule has 0 aromatic heterocycles. The van der Waals surface area contributed by atoms with E-state index in [2.05, 4.69) is 4.90 Å². The maximum atomic E-state index is 12.3. The van der Waals surface area contributed by atoms with Gasteiger partial charge in [0.2, 0.25) is 0 Å². The third kappa shape index (κ3) is 3.28. The Labute approximate surface area is 134 Å². The second kappa shape index (κ2) is 6.42. The van der Waals surface area contributed by atoms with Crippen molar-refractivity contribution in [3.05, 3.63) is 28.2 Å². The lowest BCUT2D eigenvalue weighted by Gasteiger charge is -2.37. The number of halogens is 2. The molecule has 2 fully saturated rings. The average Bonchev–Trinajstić information content (AvgIpc) is 3.04. The highest BCUT2D eigenvalue weighted by molar-refractivity contribution is 6.42. The van der Waals surface area contributed by atoms with Crippen molar-refractivity contribution >= 4 is 34.8 Å². The fourth-order valence-electron chi connectivity index (χ4n) is 2.84. The van der Waals surface area contributed by atoms with Crippen molar-refractivity contribution in [1.29, 1.82) is 0 Å². The number of carbonyl (C=O) groups excluding carboxylic acids is 1. The molecule has 0 spiro atoms. The molecule has 0 aliphatic carbocycles. The highest BCUT2D eigenvalue weighted by Gasteiger charge is 2.30. The summed E-state index contributed by atoms with van der Waals surface area (Å²) in [5.41, 5.74) is 1.05. The summed E-state index contributed by atoms with van der Waals surface area (Å²) in [5.74, 6) is 0.140.